The molecular formula is C20H20ClN3O5. The number of nitro benzene ring substituents is 1. The lowest BCUT2D eigenvalue weighted by Gasteiger charge is -2.26. The van der Waals surface area contributed by atoms with Crippen molar-refractivity contribution in [2.24, 2.45) is 0 Å². The van der Waals surface area contributed by atoms with Gasteiger partial charge >= 0.3 is 0 Å². The maximum Gasteiger partial charge on any atom is 0.270 e. The molecule has 3 rings (SSSR count). The van der Waals surface area contributed by atoms with Crippen molar-refractivity contribution in [3.63, 3.8) is 0 Å². The van der Waals surface area contributed by atoms with Gasteiger partial charge in [-0.25, -0.2) is 0 Å². The molecule has 2 aromatic rings. The SMILES string of the molecule is O=C(NC1CCCCC1)C(C(=O)c1cccc([N+](=O)[O-])c1)n1cc(Cl)ccc1=O. The van der Waals surface area contributed by atoms with Gasteiger partial charge in [0, 0.05) is 36.0 Å². The first kappa shape index (κ1) is 20.7. The first-order chi connectivity index (χ1) is 13.9. The molecule has 1 saturated carbocycles. The zero-order valence-corrected chi connectivity index (χ0v) is 16.3. The number of nitrogens with one attached hydrogen (secondary N) is 1. The van der Waals surface area contributed by atoms with Crippen molar-refractivity contribution < 1.29 is 14.5 Å². The van der Waals surface area contributed by atoms with Crippen molar-refractivity contribution in [3.8, 4) is 0 Å². The van der Waals surface area contributed by atoms with Gasteiger partial charge in [0.2, 0.25) is 0 Å². The van der Waals surface area contributed by atoms with Crippen LogP contribution in [0.15, 0.2) is 47.4 Å². The number of nitro groups is 1. The summed E-state index contributed by atoms with van der Waals surface area (Å²) in [5.41, 5.74) is -0.882. The third-order valence-corrected chi connectivity index (χ3v) is 5.19. The topological polar surface area (TPSA) is 111 Å². The highest BCUT2D eigenvalue weighted by Crippen LogP contribution is 2.22. The monoisotopic (exact) mass is 417 g/mol. The summed E-state index contributed by atoms with van der Waals surface area (Å²) in [6.07, 6.45) is 5.87. The summed E-state index contributed by atoms with van der Waals surface area (Å²) in [7, 11) is 0. The van der Waals surface area contributed by atoms with Crippen LogP contribution in [0.25, 0.3) is 0 Å². The first-order valence-electron chi connectivity index (χ1n) is 9.33. The summed E-state index contributed by atoms with van der Waals surface area (Å²) in [6, 6.07) is 6.04. The van der Waals surface area contributed by atoms with Crippen LogP contribution in [0.4, 0.5) is 5.69 Å². The molecule has 8 nitrogen and oxygen atoms in total. The number of halogens is 1. The molecule has 1 aliphatic rings. The normalized spacial score (nSPS) is 15.5. The number of rotatable bonds is 6. The molecule has 1 N–H and O–H groups in total. The number of benzene rings is 1. The van der Waals surface area contributed by atoms with Crippen molar-refractivity contribution >= 4 is 29.0 Å². The molecule has 9 heteroatoms. The van der Waals surface area contributed by atoms with E-state index in [0.717, 1.165) is 42.7 Å². The number of carbonyl (C=O) groups excluding carboxylic acids is 2. The molecule has 29 heavy (non-hydrogen) atoms. The minimum Gasteiger partial charge on any atom is -0.351 e. The van der Waals surface area contributed by atoms with Crippen LogP contribution in [-0.2, 0) is 4.79 Å². The van der Waals surface area contributed by atoms with E-state index < -0.39 is 28.2 Å². The fraction of sp³-hybridized carbons (Fsp3) is 0.350. The largest absolute Gasteiger partial charge is 0.351 e. The van der Waals surface area contributed by atoms with Gasteiger partial charge in [-0.3, -0.25) is 29.1 Å². The Bertz CT molecular complexity index is 998. The minimum absolute atomic E-state index is 0.0325. The second-order valence-corrected chi connectivity index (χ2v) is 7.45. The van der Waals surface area contributed by atoms with Crippen molar-refractivity contribution in [1.29, 1.82) is 0 Å². The second-order valence-electron chi connectivity index (χ2n) is 7.01. The molecule has 1 fully saturated rings. The Balaban J connectivity index is 2.00. The molecule has 1 aromatic carbocycles. The van der Waals surface area contributed by atoms with Gasteiger partial charge in [-0.15, -0.1) is 0 Å². The van der Waals surface area contributed by atoms with E-state index in [1.54, 1.807) is 0 Å². The fourth-order valence-corrected chi connectivity index (χ4v) is 3.68. The van der Waals surface area contributed by atoms with E-state index in [0.29, 0.717) is 0 Å². The Morgan fingerprint density at radius 1 is 1.17 bits per heavy atom. The highest BCUT2D eigenvalue weighted by Gasteiger charge is 2.32. The van der Waals surface area contributed by atoms with E-state index in [1.165, 1.54) is 36.5 Å². The second kappa shape index (κ2) is 9.00. The van der Waals surface area contributed by atoms with E-state index in [-0.39, 0.29) is 22.3 Å². The molecule has 1 unspecified atom stereocenters. The summed E-state index contributed by atoms with van der Waals surface area (Å²) < 4.78 is 0.974. The van der Waals surface area contributed by atoms with Gasteiger partial charge in [0.25, 0.3) is 17.2 Å². The van der Waals surface area contributed by atoms with Crippen LogP contribution in [0.3, 0.4) is 0 Å². The predicted molar refractivity (Wildman–Crippen MR) is 107 cm³/mol. The van der Waals surface area contributed by atoms with Crippen LogP contribution in [0, 0.1) is 10.1 Å². The Labute approximate surface area is 171 Å². The maximum atomic E-state index is 13.2. The van der Waals surface area contributed by atoms with Gasteiger partial charge in [-0.2, -0.15) is 0 Å². The van der Waals surface area contributed by atoms with Gasteiger partial charge in [-0.1, -0.05) is 43.0 Å². The van der Waals surface area contributed by atoms with E-state index in [1.807, 2.05) is 0 Å². The third-order valence-electron chi connectivity index (χ3n) is 4.97. The lowest BCUT2D eigenvalue weighted by atomic mass is 9.94. The fourth-order valence-electron chi connectivity index (χ4n) is 3.51. The molecule has 0 saturated heterocycles. The molecule has 1 amide bonds. The number of non-ortho nitro benzene ring substituents is 1. The van der Waals surface area contributed by atoms with Crippen LogP contribution >= 0.6 is 11.6 Å². The van der Waals surface area contributed by atoms with Crippen LogP contribution in [0.2, 0.25) is 5.02 Å². The zero-order chi connectivity index (χ0) is 21.0. The molecule has 1 aromatic heterocycles. The number of Topliss-reactive ketones (excluding diaryl/α,β-unsaturated/α-hetero) is 1. The van der Waals surface area contributed by atoms with Crippen molar-refractivity contribution in [3.05, 3.63) is 73.6 Å². The van der Waals surface area contributed by atoms with Gasteiger partial charge in [0.15, 0.2) is 11.8 Å². The van der Waals surface area contributed by atoms with Gasteiger partial charge in [0.1, 0.15) is 0 Å². The van der Waals surface area contributed by atoms with Crippen LogP contribution in [0.5, 0.6) is 0 Å². The summed E-state index contributed by atoms with van der Waals surface area (Å²) in [5.74, 6) is -1.34. The van der Waals surface area contributed by atoms with Gasteiger partial charge < -0.3 is 5.32 Å². The molecule has 1 heterocycles. The van der Waals surface area contributed by atoms with Crippen LogP contribution < -0.4 is 10.9 Å². The Hall–Kier alpha value is -3.00. The van der Waals surface area contributed by atoms with Crippen molar-refractivity contribution in [2.75, 3.05) is 0 Å². The van der Waals surface area contributed by atoms with E-state index in [2.05, 4.69) is 5.32 Å². The summed E-state index contributed by atoms with van der Waals surface area (Å²) in [4.78, 5) is 49.0. The molecule has 1 atom stereocenters. The highest BCUT2D eigenvalue weighted by atomic mass is 35.5. The van der Waals surface area contributed by atoms with Gasteiger partial charge in [-0.05, 0) is 18.9 Å². The van der Waals surface area contributed by atoms with Crippen molar-refractivity contribution in [1.82, 2.24) is 9.88 Å². The van der Waals surface area contributed by atoms with E-state index in [4.69, 9.17) is 11.6 Å². The lowest BCUT2D eigenvalue weighted by molar-refractivity contribution is -0.384. The number of carbonyl (C=O) groups is 2. The highest BCUT2D eigenvalue weighted by molar-refractivity contribution is 6.30. The van der Waals surface area contributed by atoms with Crippen LogP contribution in [-0.4, -0.2) is 27.2 Å². The molecule has 0 spiro atoms. The van der Waals surface area contributed by atoms with E-state index >= 15 is 0 Å². The molecule has 0 aliphatic heterocycles. The van der Waals surface area contributed by atoms with Crippen molar-refractivity contribution in [2.45, 2.75) is 44.2 Å². The first-order valence-corrected chi connectivity index (χ1v) is 9.71. The summed E-state index contributed by atoms with van der Waals surface area (Å²) in [5, 5.41) is 14.1. The smallest absolute Gasteiger partial charge is 0.270 e. The predicted octanol–water partition coefficient (Wildman–Crippen LogP) is 3.28. The van der Waals surface area contributed by atoms with Gasteiger partial charge in [0.05, 0.1) is 9.95 Å². The average Bonchev–Trinajstić information content (AvgIpc) is 2.71. The lowest BCUT2D eigenvalue weighted by Crippen LogP contribution is -2.45. The standard InChI is InChI=1S/C20H20ClN3O5/c21-14-9-10-17(25)23(12-14)18(20(27)22-15-6-2-1-3-7-15)19(26)13-5-4-8-16(11-13)24(28)29/h4-5,8-12,15,18H,1-3,6-7H2,(H,22,27). The summed E-state index contributed by atoms with van der Waals surface area (Å²) in [6.45, 7) is 0. The molecule has 0 radical (unpaired) electrons. The number of nitrogens with zero attached hydrogens (tertiary/aromatic N) is 2. The Morgan fingerprint density at radius 3 is 2.59 bits per heavy atom. The van der Waals surface area contributed by atoms with Crippen LogP contribution in [0.1, 0.15) is 48.5 Å². The number of hydrogen-bond donors (Lipinski definition) is 1. The number of amides is 1. The molecule has 1 aliphatic carbocycles. The molecule has 0 bridgehead atoms. The summed E-state index contributed by atoms with van der Waals surface area (Å²) >= 11 is 5.98. The zero-order valence-electron chi connectivity index (χ0n) is 15.5. The molecule has 152 valence electrons. The average molecular weight is 418 g/mol. The number of aromatic nitrogens is 1. The minimum atomic E-state index is -1.51. The number of hydrogen-bond acceptors (Lipinski definition) is 5. The quantitative estimate of drug-likeness (QED) is 0.335. The van der Waals surface area contributed by atoms with E-state index in [9.17, 15) is 24.5 Å². The Morgan fingerprint density at radius 2 is 1.90 bits per heavy atom. The Kier molecular flexibility index (Phi) is 6.43. The maximum absolute atomic E-state index is 13.2. The number of pyridine rings is 1. The third kappa shape index (κ3) is 4.89. The molecular weight excluding hydrogens is 398 g/mol. The number of ketones is 1.